The third-order valence-electron chi connectivity index (χ3n) is 5.16. The summed E-state index contributed by atoms with van der Waals surface area (Å²) in [5, 5.41) is 3.50. The van der Waals surface area contributed by atoms with Gasteiger partial charge >= 0.3 is 11.7 Å². The molecule has 0 aliphatic carbocycles. The smallest absolute Gasteiger partial charge is 0.441 e. The standard InChI is InChI=1S/C22H26FN3O4/c1-14(2)19-18(16-9-6-5-7-10-16)24-22(4,20(27)29-19)12-8-11-17(23)13-26-15(3)25-30-21(26)28/h5-7,9-11,14,19H,8,12-13H2,1-4H3/t19-,22+/m1/s1. The number of ether oxygens (including phenoxy) is 1. The molecule has 0 fully saturated rings. The fourth-order valence-electron chi connectivity index (χ4n) is 3.36. The Kier molecular flexibility index (Phi) is 6.34. The lowest BCUT2D eigenvalue weighted by Gasteiger charge is -2.35. The maximum absolute atomic E-state index is 14.3. The van der Waals surface area contributed by atoms with Gasteiger partial charge in [-0.25, -0.2) is 14.0 Å². The van der Waals surface area contributed by atoms with Crippen LogP contribution in [0.3, 0.4) is 0 Å². The molecule has 2 heterocycles. The van der Waals surface area contributed by atoms with E-state index in [9.17, 15) is 14.0 Å². The number of hydrogen-bond acceptors (Lipinski definition) is 6. The molecule has 0 unspecified atom stereocenters. The molecule has 3 rings (SSSR count). The Labute approximate surface area is 174 Å². The molecule has 2 atom stereocenters. The Morgan fingerprint density at radius 3 is 2.60 bits per heavy atom. The van der Waals surface area contributed by atoms with E-state index in [1.165, 1.54) is 6.08 Å². The zero-order valence-corrected chi connectivity index (χ0v) is 17.6. The molecule has 0 saturated carbocycles. The summed E-state index contributed by atoms with van der Waals surface area (Å²) in [6.07, 6.45) is 1.46. The zero-order chi connectivity index (χ0) is 21.9. The molecule has 1 aliphatic rings. The maximum Gasteiger partial charge on any atom is 0.441 e. The third kappa shape index (κ3) is 4.58. The van der Waals surface area contributed by atoms with Crippen molar-refractivity contribution in [2.75, 3.05) is 0 Å². The van der Waals surface area contributed by atoms with Crippen molar-refractivity contribution in [1.29, 1.82) is 0 Å². The Morgan fingerprint density at radius 1 is 1.30 bits per heavy atom. The van der Waals surface area contributed by atoms with Crippen molar-refractivity contribution < 1.29 is 18.4 Å². The molecule has 8 heteroatoms. The molecule has 1 aliphatic heterocycles. The van der Waals surface area contributed by atoms with E-state index < -0.39 is 29.2 Å². The monoisotopic (exact) mass is 415 g/mol. The van der Waals surface area contributed by atoms with Gasteiger partial charge in [-0.3, -0.25) is 14.1 Å². The molecule has 0 saturated heterocycles. The second-order valence-corrected chi connectivity index (χ2v) is 7.98. The van der Waals surface area contributed by atoms with Gasteiger partial charge in [0, 0.05) is 0 Å². The van der Waals surface area contributed by atoms with Crippen LogP contribution in [0.5, 0.6) is 0 Å². The summed E-state index contributed by atoms with van der Waals surface area (Å²) < 4.78 is 25.6. The summed E-state index contributed by atoms with van der Waals surface area (Å²) in [7, 11) is 0. The molecule has 2 aromatic rings. The van der Waals surface area contributed by atoms with Gasteiger partial charge in [-0.1, -0.05) is 55.4 Å². The molecule has 1 aromatic carbocycles. The first-order valence-corrected chi connectivity index (χ1v) is 9.95. The van der Waals surface area contributed by atoms with E-state index >= 15 is 0 Å². The van der Waals surface area contributed by atoms with Crippen LogP contribution >= 0.6 is 0 Å². The van der Waals surface area contributed by atoms with Crippen LogP contribution < -0.4 is 5.76 Å². The Hall–Kier alpha value is -3.03. The molecule has 0 amide bonds. The van der Waals surface area contributed by atoms with Gasteiger partial charge in [0.2, 0.25) is 0 Å². The fourth-order valence-corrected chi connectivity index (χ4v) is 3.36. The highest BCUT2D eigenvalue weighted by Crippen LogP contribution is 2.30. The normalized spacial score (nSPS) is 22.2. The lowest BCUT2D eigenvalue weighted by Crippen LogP contribution is -2.48. The lowest BCUT2D eigenvalue weighted by molar-refractivity contribution is -0.155. The minimum Gasteiger partial charge on any atom is -0.454 e. The first-order valence-electron chi connectivity index (χ1n) is 9.95. The van der Waals surface area contributed by atoms with E-state index in [0.717, 1.165) is 15.8 Å². The molecule has 160 valence electrons. The predicted octanol–water partition coefficient (Wildman–Crippen LogP) is 3.61. The van der Waals surface area contributed by atoms with Crippen LogP contribution in [-0.2, 0) is 16.1 Å². The van der Waals surface area contributed by atoms with Crippen LogP contribution in [0.15, 0.2) is 56.5 Å². The minimum atomic E-state index is -1.11. The van der Waals surface area contributed by atoms with E-state index in [0.29, 0.717) is 5.82 Å². The SMILES string of the molecule is Cc1noc(=O)n1CC(F)=CCC[C@]1(C)N=C(c2ccccc2)[C@@H](C(C)C)OC1=O. The van der Waals surface area contributed by atoms with Gasteiger partial charge in [-0.05, 0) is 38.2 Å². The van der Waals surface area contributed by atoms with Crippen LogP contribution in [0.1, 0.15) is 45.0 Å². The van der Waals surface area contributed by atoms with Crippen molar-refractivity contribution in [3.05, 3.63) is 64.2 Å². The van der Waals surface area contributed by atoms with Crippen LogP contribution in [-0.4, -0.2) is 33.0 Å². The van der Waals surface area contributed by atoms with Crippen molar-refractivity contribution in [3.8, 4) is 0 Å². The zero-order valence-electron chi connectivity index (χ0n) is 17.6. The number of rotatable bonds is 7. The van der Waals surface area contributed by atoms with E-state index in [1.807, 2.05) is 44.2 Å². The highest BCUT2D eigenvalue weighted by Gasteiger charge is 2.42. The topological polar surface area (TPSA) is 86.7 Å². The number of aromatic nitrogens is 2. The van der Waals surface area contributed by atoms with Crippen LogP contribution in [0.4, 0.5) is 4.39 Å². The van der Waals surface area contributed by atoms with Crippen molar-refractivity contribution in [2.45, 2.75) is 58.7 Å². The summed E-state index contributed by atoms with van der Waals surface area (Å²) >= 11 is 0. The average Bonchev–Trinajstić information content (AvgIpc) is 3.02. The van der Waals surface area contributed by atoms with Gasteiger partial charge in [-0.2, -0.15) is 0 Å². The van der Waals surface area contributed by atoms with Crippen LogP contribution in [0, 0.1) is 12.8 Å². The molecule has 1 aromatic heterocycles. The summed E-state index contributed by atoms with van der Waals surface area (Å²) in [6.45, 7) is 6.96. The molecular formula is C22H26FN3O4. The molecule has 0 spiro atoms. The Bertz CT molecular complexity index is 1020. The van der Waals surface area contributed by atoms with Crippen molar-refractivity contribution >= 4 is 11.7 Å². The van der Waals surface area contributed by atoms with E-state index in [-0.39, 0.29) is 25.3 Å². The molecule has 30 heavy (non-hydrogen) atoms. The number of carbonyl (C=O) groups excluding carboxylic acids is 1. The number of hydrogen-bond donors (Lipinski definition) is 0. The minimum absolute atomic E-state index is 0.0694. The van der Waals surface area contributed by atoms with E-state index in [2.05, 4.69) is 9.68 Å². The number of benzene rings is 1. The van der Waals surface area contributed by atoms with Gasteiger partial charge in [0.05, 0.1) is 12.3 Å². The second kappa shape index (κ2) is 8.77. The molecule has 0 radical (unpaired) electrons. The van der Waals surface area contributed by atoms with Crippen molar-refractivity contribution in [2.24, 2.45) is 10.9 Å². The molecule has 0 N–H and O–H groups in total. The average molecular weight is 415 g/mol. The number of aliphatic imine (C=N–C) groups is 1. The van der Waals surface area contributed by atoms with Gasteiger partial charge in [0.25, 0.3) is 0 Å². The summed E-state index contributed by atoms with van der Waals surface area (Å²) in [5.41, 5.74) is 0.514. The quantitative estimate of drug-likeness (QED) is 0.645. The molecule has 7 nitrogen and oxygen atoms in total. The number of carbonyl (C=O) groups is 1. The van der Waals surface area contributed by atoms with Gasteiger partial charge in [-0.15, -0.1) is 0 Å². The number of esters is 1. The number of nitrogens with zero attached hydrogens (tertiary/aromatic N) is 3. The largest absolute Gasteiger partial charge is 0.454 e. The number of halogens is 1. The van der Waals surface area contributed by atoms with E-state index in [4.69, 9.17) is 9.73 Å². The predicted molar refractivity (Wildman–Crippen MR) is 110 cm³/mol. The lowest BCUT2D eigenvalue weighted by atomic mass is 9.89. The Balaban J connectivity index is 1.79. The van der Waals surface area contributed by atoms with E-state index in [1.54, 1.807) is 13.8 Å². The molecular weight excluding hydrogens is 389 g/mol. The summed E-state index contributed by atoms with van der Waals surface area (Å²) in [4.78, 5) is 29.0. The Morgan fingerprint density at radius 2 is 2.00 bits per heavy atom. The van der Waals surface area contributed by atoms with Gasteiger partial charge < -0.3 is 4.74 Å². The van der Waals surface area contributed by atoms with Crippen LogP contribution in [0.25, 0.3) is 0 Å². The first-order chi connectivity index (χ1) is 14.2. The third-order valence-corrected chi connectivity index (χ3v) is 5.16. The number of allylic oxidation sites excluding steroid dienone is 2. The summed E-state index contributed by atoms with van der Waals surface area (Å²) in [5.74, 6) is -1.27. The number of aryl methyl sites for hydroxylation is 1. The fraction of sp³-hybridized carbons (Fsp3) is 0.455. The van der Waals surface area contributed by atoms with Crippen LogP contribution in [0.2, 0.25) is 0 Å². The van der Waals surface area contributed by atoms with Crippen molar-refractivity contribution in [3.63, 3.8) is 0 Å². The molecule has 0 bridgehead atoms. The van der Waals surface area contributed by atoms with Crippen molar-refractivity contribution in [1.82, 2.24) is 9.72 Å². The second-order valence-electron chi connectivity index (χ2n) is 7.98. The van der Waals surface area contributed by atoms with Gasteiger partial charge in [0.1, 0.15) is 11.9 Å². The van der Waals surface area contributed by atoms with Gasteiger partial charge in [0.15, 0.2) is 11.4 Å². The maximum atomic E-state index is 14.3. The number of cyclic esters (lactones) is 1. The highest BCUT2D eigenvalue weighted by atomic mass is 19.1. The highest BCUT2D eigenvalue weighted by molar-refractivity contribution is 6.08. The summed E-state index contributed by atoms with van der Waals surface area (Å²) in [6, 6.07) is 9.61. The first kappa shape index (κ1) is 21.7.